The molecular formula is C20H28NO6P. The normalized spacial score (nSPS) is 15.8. The molecule has 0 aliphatic carbocycles. The first-order valence-electron chi connectivity index (χ1n) is 9.62. The van der Waals surface area contributed by atoms with Crippen molar-refractivity contribution in [3.8, 4) is 0 Å². The number of aliphatic carboxylic acids is 2. The molecule has 0 spiro atoms. The van der Waals surface area contributed by atoms with Gasteiger partial charge in [-0.15, -0.1) is 0 Å². The highest BCUT2D eigenvalue weighted by Crippen LogP contribution is 2.52. The number of hydrogen-bond donors (Lipinski definition) is 4. The number of nitrogens with one attached hydrogen (secondary N) is 1. The van der Waals surface area contributed by atoms with E-state index in [-0.39, 0.29) is 24.6 Å². The smallest absolute Gasteiger partial charge is 0.307 e. The second-order valence-corrected chi connectivity index (χ2v) is 9.52. The highest BCUT2D eigenvalue weighted by molar-refractivity contribution is 7.67. The molecule has 2 rings (SSSR count). The fraction of sp³-hybridized carbons (Fsp3) is 0.500. The first-order valence-corrected chi connectivity index (χ1v) is 11.4. The second-order valence-electron chi connectivity index (χ2n) is 7.13. The zero-order valence-electron chi connectivity index (χ0n) is 16.0. The van der Waals surface area contributed by atoms with Gasteiger partial charge in [0, 0.05) is 28.8 Å². The number of fused-ring (bicyclic) bond motifs is 1. The number of hydrogen-bond acceptors (Lipinski definition) is 3. The van der Waals surface area contributed by atoms with Gasteiger partial charge in [0.05, 0.1) is 11.6 Å². The Balaban J connectivity index is 2.42. The second kappa shape index (κ2) is 9.89. The predicted molar refractivity (Wildman–Crippen MR) is 108 cm³/mol. The molecular weight excluding hydrogens is 381 g/mol. The van der Waals surface area contributed by atoms with Crippen LogP contribution in [0.5, 0.6) is 0 Å². The zero-order valence-corrected chi connectivity index (χ0v) is 16.9. The summed E-state index contributed by atoms with van der Waals surface area (Å²) in [5.41, 5.74) is -0.323. The van der Waals surface area contributed by atoms with E-state index in [9.17, 15) is 24.2 Å². The van der Waals surface area contributed by atoms with E-state index in [2.05, 4.69) is 4.98 Å². The van der Waals surface area contributed by atoms with E-state index < -0.39 is 30.9 Å². The summed E-state index contributed by atoms with van der Waals surface area (Å²) in [6, 6.07) is 6.72. The fourth-order valence-electron chi connectivity index (χ4n) is 3.69. The molecule has 1 aromatic carbocycles. The molecule has 0 aliphatic heterocycles. The molecule has 0 amide bonds. The van der Waals surface area contributed by atoms with Gasteiger partial charge in [-0.05, 0) is 31.0 Å². The summed E-state index contributed by atoms with van der Waals surface area (Å²) in [5, 5.41) is 19.5. The van der Waals surface area contributed by atoms with Gasteiger partial charge in [-0.25, -0.2) is 0 Å². The molecule has 2 aromatic rings. The summed E-state index contributed by atoms with van der Waals surface area (Å²) < 4.78 is 13.6. The average molecular weight is 409 g/mol. The van der Waals surface area contributed by atoms with Gasteiger partial charge in [-0.3, -0.25) is 14.2 Å². The lowest BCUT2D eigenvalue weighted by Crippen LogP contribution is -2.32. The zero-order chi connectivity index (χ0) is 20.7. The number of H-pyrrole nitrogens is 1. The van der Waals surface area contributed by atoms with Crippen molar-refractivity contribution in [1.82, 2.24) is 4.98 Å². The Hall–Kier alpha value is -2.11. The summed E-state index contributed by atoms with van der Waals surface area (Å²) in [5.74, 6) is -3.53. The number of carbonyl (C=O) groups is 2. The summed E-state index contributed by atoms with van der Waals surface area (Å²) in [6.45, 7) is 2.05. The molecule has 0 fully saturated rings. The van der Waals surface area contributed by atoms with E-state index in [4.69, 9.17) is 5.11 Å². The van der Waals surface area contributed by atoms with Gasteiger partial charge >= 0.3 is 11.9 Å². The predicted octanol–water partition coefficient (Wildman–Crippen LogP) is 3.97. The third-order valence-electron chi connectivity index (χ3n) is 5.17. The van der Waals surface area contributed by atoms with Crippen LogP contribution in [0.15, 0.2) is 30.5 Å². The topological polar surface area (TPSA) is 128 Å². The van der Waals surface area contributed by atoms with Crippen LogP contribution in [0.4, 0.5) is 0 Å². The maximum Gasteiger partial charge on any atom is 0.307 e. The van der Waals surface area contributed by atoms with Crippen LogP contribution in [0.3, 0.4) is 0 Å². The van der Waals surface area contributed by atoms with Crippen LogP contribution in [-0.4, -0.2) is 37.7 Å². The Bertz CT molecular complexity index is 861. The minimum absolute atomic E-state index is 0.170. The minimum atomic E-state index is -4.08. The van der Waals surface area contributed by atoms with E-state index in [0.717, 1.165) is 19.3 Å². The summed E-state index contributed by atoms with van der Waals surface area (Å²) in [7, 11) is -4.08. The fourth-order valence-corrected chi connectivity index (χ4v) is 6.18. The van der Waals surface area contributed by atoms with Crippen molar-refractivity contribution in [2.75, 3.05) is 0 Å². The van der Waals surface area contributed by atoms with Crippen molar-refractivity contribution < 1.29 is 29.3 Å². The molecule has 1 aromatic heterocycles. The number of carboxylic acids is 2. The van der Waals surface area contributed by atoms with Crippen LogP contribution >= 0.6 is 7.37 Å². The van der Waals surface area contributed by atoms with Gasteiger partial charge in [0.15, 0.2) is 0 Å². The number of aromatic nitrogens is 1. The van der Waals surface area contributed by atoms with Gasteiger partial charge in [0.25, 0.3) is 0 Å². The molecule has 0 saturated heterocycles. The van der Waals surface area contributed by atoms with E-state index >= 15 is 0 Å². The van der Waals surface area contributed by atoms with Crippen molar-refractivity contribution in [1.29, 1.82) is 0 Å². The Kier molecular flexibility index (Phi) is 7.84. The van der Waals surface area contributed by atoms with Gasteiger partial charge in [-0.1, -0.05) is 38.7 Å². The molecule has 154 valence electrons. The third kappa shape index (κ3) is 5.24. The highest BCUT2D eigenvalue weighted by atomic mass is 31.2. The number of benzene rings is 1. The maximum absolute atomic E-state index is 13.6. The molecule has 3 atom stereocenters. The quantitative estimate of drug-likeness (QED) is 0.310. The van der Waals surface area contributed by atoms with Crippen LogP contribution < -0.4 is 5.30 Å². The Morgan fingerprint density at radius 1 is 1.11 bits per heavy atom. The Morgan fingerprint density at radius 2 is 1.86 bits per heavy atom. The molecule has 0 bridgehead atoms. The first kappa shape index (κ1) is 22.2. The SMILES string of the molecule is CCCCCCC(C(CCC(=O)O)C(=O)O)P(=O)(O)c1cccc2[nH]ccc12. The van der Waals surface area contributed by atoms with Crippen molar-refractivity contribution in [3.63, 3.8) is 0 Å². The van der Waals surface area contributed by atoms with E-state index in [1.165, 1.54) is 0 Å². The van der Waals surface area contributed by atoms with E-state index in [0.29, 0.717) is 17.3 Å². The lowest BCUT2D eigenvalue weighted by atomic mass is 9.95. The lowest BCUT2D eigenvalue weighted by molar-refractivity contribution is -0.143. The van der Waals surface area contributed by atoms with Crippen molar-refractivity contribution in [2.24, 2.45) is 5.92 Å². The van der Waals surface area contributed by atoms with Gasteiger partial charge in [0.1, 0.15) is 0 Å². The van der Waals surface area contributed by atoms with Crippen LogP contribution in [0.25, 0.3) is 10.9 Å². The number of rotatable bonds is 12. The molecule has 0 saturated carbocycles. The number of carboxylic acid groups (broad SMARTS) is 2. The molecule has 0 radical (unpaired) electrons. The van der Waals surface area contributed by atoms with Gasteiger partial charge < -0.3 is 20.1 Å². The van der Waals surface area contributed by atoms with Crippen LogP contribution in [0.2, 0.25) is 0 Å². The Labute approximate surface area is 164 Å². The highest BCUT2D eigenvalue weighted by Gasteiger charge is 2.42. The van der Waals surface area contributed by atoms with E-state index in [1.807, 2.05) is 6.92 Å². The molecule has 4 N–H and O–H groups in total. The molecule has 8 heteroatoms. The molecule has 0 aliphatic rings. The Morgan fingerprint density at radius 3 is 2.50 bits per heavy atom. The molecule has 7 nitrogen and oxygen atoms in total. The summed E-state index contributed by atoms with van der Waals surface area (Å²) >= 11 is 0. The van der Waals surface area contributed by atoms with Crippen LogP contribution in [0.1, 0.15) is 51.9 Å². The monoisotopic (exact) mass is 409 g/mol. The van der Waals surface area contributed by atoms with Crippen LogP contribution in [-0.2, 0) is 14.2 Å². The minimum Gasteiger partial charge on any atom is -0.481 e. The molecule has 28 heavy (non-hydrogen) atoms. The van der Waals surface area contributed by atoms with Crippen molar-refractivity contribution in [2.45, 2.75) is 57.5 Å². The molecule has 3 unspecified atom stereocenters. The van der Waals surface area contributed by atoms with Gasteiger partial charge in [-0.2, -0.15) is 0 Å². The summed E-state index contributed by atoms with van der Waals surface area (Å²) in [6.07, 6.45) is 4.84. The van der Waals surface area contributed by atoms with E-state index in [1.54, 1.807) is 30.5 Å². The van der Waals surface area contributed by atoms with Crippen LogP contribution in [0, 0.1) is 5.92 Å². The summed E-state index contributed by atoms with van der Waals surface area (Å²) in [4.78, 5) is 37.0. The van der Waals surface area contributed by atoms with Crippen molar-refractivity contribution in [3.05, 3.63) is 30.5 Å². The average Bonchev–Trinajstić information content (AvgIpc) is 3.11. The lowest BCUT2D eigenvalue weighted by Gasteiger charge is -2.29. The maximum atomic E-state index is 13.6. The molecule has 1 heterocycles. The number of aromatic amines is 1. The standard InChI is InChI=1S/C20H28NO6P/c1-2-3-4-5-8-18(15(20(24)25)10-11-19(22)23)28(26,27)17-9-6-7-16-14(17)12-13-21-16/h6-7,9,12-13,15,18,21H,2-5,8,10-11H2,1H3,(H,22,23)(H,24,25)(H,26,27). The van der Waals surface area contributed by atoms with Gasteiger partial charge in [0.2, 0.25) is 7.37 Å². The number of unbranched alkanes of at least 4 members (excludes halogenated alkanes) is 3. The first-order chi connectivity index (χ1) is 13.3. The van der Waals surface area contributed by atoms with Crippen molar-refractivity contribution >= 4 is 35.5 Å². The largest absolute Gasteiger partial charge is 0.481 e. The third-order valence-corrected chi connectivity index (χ3v) is 7.77.